The Morgan fingerprint density at radius 2 is 0.490 bits per heavy atom. The van der Waals surface area contributed by atoms with Gasteiger partial charge in [-0.3, -0.25) is 0 Å². The molecule has 0 N–H and O–H groups in total. The number of fused-ring (bicyclic) bond motifs is 5. The number of hydrogen-bond donors (Lipinski definition) is 0. The molecule has 0 saturated heterocycles. The van der Waals surface area contributed by atoms with Crippen LogP contribution in [0.3, 0.4) is 0 Å². The highest BCUT2D eigenvalue weighted by atomic mass is 19.2. The topological polar surface area (TPSA) is 62.3 Å². The maximum Gasteiger partial charge on any atom is 0.161 e. The fraction of sp³-hybridized carbons (Fsp3) is 0.268. The second kappa shape index (κ2) is 31.1. The van der Waals surface area contributed by atoms with Crippen molar-refractivity contribution >= 4 is 28.4 Å². The molecule has 0 atom stereocenters. The average Bonchev–Trinajstić information content (AvgIpc) is 0.706. The molecule has 10 nitrogen and oxygen atoms in total. The summed E-state index contributed by atoms with van der Waals surface area (Å²) in [6.07, 6.45) is 0. The van der Waals surface area contributed by atoms with Crippen molar-refractivity contribution in [3.8, 4) is 28.7 Å². The van der Waals surface area contributed by atoms with Gasteiger partial charge in [0.2, 0.25) is 0 Å². The van der Waals surface area contributed by atoms with Gasteiger partial charge < -0.3 is 48.2 Å². The van der Waals surface area contributed by atoms with E-state index < -0.39 is 52.4 Å². The molecule has 5 aliphatic rings. The minimum absolute atomic E-state index is 0.0152. The third-order valence-corrected chi connectivity index (χ3v) is 17.8. The molecule has 0 aromatic heterocycles. The van der Waals surface area contributed by atoms with Gasteiger partial charge in [-0.05, 0) is 166 Å². The van der Waals surface area contributed by atoms with Gasteiger partial charge in [0, 0.05) is 94.8 Å². The number of hydrogen-bond acceptors (Lipinski definition) is 10. The number of nitrogens with zero attached hydrogens (tertiary/aromatic N) is 5. The summed E-state index contributed by atoms with van der Waals surface area (Å²) in [5, 5.41) is 0. The minimum atomic E-state index is -1.02. The molecule has 544 valence electrons. The molecule has 0 aliphatic carbocycles. The molecule has 10 aromatic rings. The molecule has 0 saturated carbocycles. The van der Waals surface area contributed by atoms with Gasteiger partial charge in [-0.15, -0.1) is 0 Å². The molecule has 0 radical (unpaired) electrons. The number of halogens is 12. The van der Waals surface area contributed by atoms with Gasteiger partial charge in [-0.1, -0.05) is 80.5 Å². The zero-order valence-corrected chi connectivity index (χ0v) is 58.7. The van der Waals surface area contributed by atoms with Gasteiger partial charge in [-0.2, -0.15) is 0 Å². The van der Waals surface area contributed by atoms with E-state index in [0.29, 0.717) is 92.6 Å². The smallest absolute Gasteiger partial charge is 0.161 e. The van der Waals surface area contributed by atoms with E-state index in [4.69, 9.17) is 23.7 Å². The molecule has 0 unspecified atom stereocenters. The number of anilines is 5. The highest BCUT2D eigenvalue weighted by molar-refractivity contribution is 5.57. The van der Waals surface area contributed by atoms with Crippen molar-refractivity contribution in [1.82, 2.24) is 0 Å². The standard InChI is InChI=1S/C18H18F3NO.C18H19F2NO.C18H20FNO.C14H9F4NO.C14H11F2NO/c1-18(2,3)12-4-5-16-11(6-12)9-22(10-23-16)17-14(20)7-13(19)8-15(17)21;1-18(2,3)13-4-7-17-12(8-13)10-21(11-22-17)14-5-6-15(19)16(20)9-14;1-18(2,3)14-4-9-17-13(10-14)11-20(12-21-17)16-7-5-15(19)6-8-16;15-9-1-2-13-8(3-9)6-19(7-20-13)14-11(17)4-10(16)5-12(14)18;15-11-1-4-13(5-2-11)17-8-10-7-12(16)3-6-14(10)18-9-17/h4-8H,9-10H2,1-3H3;4-9H,10-11H2,1-3H3;4-10H,11-12H2,1-3H3;1-5H,6-7H2;1-7H,8-9H2. The quantitative estimate of drug-likeness (QED) is 0.156. The van der Waals surface area contributed by atoms with Gasteiger partial charge in [0.25, 0.3) is 0 Å². The van der Waals surface area contributed by atoms with Gasteiger partial charge >= 0.3 is 0 Å². The minimum Gasteiger partial charge on any atom is -0.473 e. The van der Waals surface area contributed by atoms with Crippen LogP contribution >= 0.6 is 0 Å². The lowest BCUT2D eigenvalue weighted by Gasteiger charge is -2.32. The first-order chi connectivity index (χ1) is 49.3. The Labute approximate surface area is 596 Å². The molecule has 104 heavy (non-hydrogen) atoms. The van der Waals surface area contributed by atoms with Crippen molar-refractivity contribution in [1.29, 1.82) is 0 Å². The van der Waals surface area contributed by atoms with Crippen LogP contribution in [0.4, 0.5) is 81.1 Å². The Hall–Kier alpha value is -10.6. The molecule has 5 aliphatic heterocycles. The Morgan fingerprint density at radius 3 is 0.798 bits per heavy atom. The Bertz CT molecular complexity index is 4670. The summed E-state index contributed by atoms with van der Waals surface area (Å²) < 4.78 is 188. The van der Waals surface area contributed by atoms with Crippen LogP contribution in [0.2, 0.25) is 0 Å². The van der Waals surface area contributed by atoms with Gasteiger partial charge in [-0.25, -0.2) is 52.7 Å². The molecule has 0 spiro atoms. The SMILES string of the molecule is CC(C)(C)c1ccc2c(c1)CN(c1c(F)cc(F)cc1F)CO2.CC(C)(C)c1ccc2c(c1)CN(c1ccc(F)c(F)c1)CO2.CC(C)(C)c1ccc2c(c1)CN(c1ccc(F)cc1)CO2.Fc1cc(F)c(N2COc3ccc(F)cc3C2)c(F)c1.Fc1ccc(N2COc3ccc(F)cc3C2)cc1. The molecule has 15 rings (SSSR count). The molecule has 0 amide bonds. The van der Waals surface area contributed by atoms with E-state index in [9.17, 15) is 52.7 Å². The lowest BCUT2D eigenvalue weighted by atomic mass is 9.86. The Kier molecular flexibility index (Phi) is 22.3. The van der Waals surface area contributed by atoms with Gasteiger partial charge in [0.1, 0.15) is 75.0 Å². The van der Waals surface area contributed by atoms with E-state index in [1.165, 1.54) is 87.2 Å². The second-order valence-electron chi connectivity index (χ2n) is 28.6. The van der Waals surface area contributed by atoms with Crippen molar-refractivity contribution in [3.63, 3.8) is 0 Å². The summed E-state index contributed by atoms with van der Waals surface area (Å²) in [7, 11) is 0. The maximum absolute atomic E-state index is 14.0. The lowest BCUT2D eigenvalue weighted by molar-refractivity contribution is 0.285. The van der Waals surface area contributed by atoms with Crippen molar-refractivity contribution in [2.75, 3.05) is 58.2 Å². The van der Waals surface area contributed by atoms with Crippen LogP contribution in [0.5, 0.6) is 28.7 Å². The van der Waals surface area contributed by atoms with Crippen LogP contribution < -0.4 is 48.2 Å². The summed E-state index contributed by atoms with van der Waals surface area (Å²) in [6.45, 7) is 22.8. The molecule has 22 heteroatoms. The van der Waals surface area contributed by atoms with Crippen LogP contribution in [0.15, 0.2) is 182 Å². The monoisotopic (exact) mass is 1440 g/mol. The van der Waals surface area contributed by atoms with Crippen molar-refractivity contribution in [3.05, 3.63) is 296 Å². The van der Waals surface area contributed by atoms with Gasteiger partial charge in [0.15, 0.2) is 68.6 Å². The highest BCUT2D eigenvalue weighted by Crippen LogP contribution is 2.39. The first kappa shape index (κ1) is 74.5. The third-order valence-electron chi connectivity index (χ3n) is 17.8. The fourth-order valence-corrected chi connectivity index (χ4v) is 12.0. The first-order valence-corrected chi connectivity index (χ1v) is 33.4. The molecular weight excluding hydrogens is 1360 g/mol. The predicted octanol–water partition coefficient (Wildman–Crippen LogP) is 20.8. The summed E-state index contributed by atoms with van der Waals surface area (Å²) in [5.41, 5.74) is 9.92. The Morgan fingerprint density at radius 1 is 0.231 bits per heavy atom. The average molecular weight is 1440 g/mol. The Balaban J connectivity index is 0.000000130. The number of benzene rings is 10. The summed E-state index contributed by atoms with van der Waals surface area (Å²) in [6, 6.07) is 46.0. The van der Waals surface area contributed by atoms with Crippen LogP contribution in [0.25, 0.3) is 0 Å². The summed E-state index contributed by atoms with van der Waals surface area (Å²) in [4.78, 5) is 8.58. The zero-order valence-electron chi connectivity index (χ0n) is 58.7. The zero-order chi connectivity index (χ0) is 74.5. The van der Waals surface area contributed by atoms with E-state index in [1.807, 2.05) is 34.1 Å². The summed E-state index contributed by atoms with van der Waals surface area (Å²) >= 11 is 0. The normalized spacial score (nSPS) is 14.3. The first-order valence-electron chi connectivity index (χ1n) is 33.4. The van der Waals surface area contributed by atoms with Crippen molar-refractivity contribution in [2.24, 2.45) is 0 Å². The predicted molar refractivity (Wildman–Crippen MR) is 378 cm³/mol. The summed E-state index contributed by atoms with van der Waals surface area (Å²) in [5.74, 6) is -5.07. The van der Waals surface area contributed by atoms with E-state index in [-0.39, 0.29) is 65.1 Å². The molecular formula is C82H77F12N5O5. The van der Waals surface area contributed by atoms with Crippen molar-refractivity contribution in [2.45, 2.75) is 111 Å². The molecule has 0 bridgehead atoms. The number of rotatable bonds is 5. The lowest BCUT2D eigenvalue weighted by Crippen LogP contribution is -2.33. The molecule has 5 heterocycles. The highest BCUT2D eigenvalue weighted by Gasteiger charge is 2.29. The fourth-order valence-electron chi connectivity index (χ4n) is 12.0. The van der Waals surface area contributed by atoms with E-state index in [2.05, 4.69) is 97.5 Å². The third kappa shape index (κ3) is 18.2. The largest absolute Gasteiger partial charge is 0.473 e. The maximum atomic E-state index is 14.0. The van der Waals surface area contributed by atoms with Crippen LogP contribution in [-0.2, 0) is 49.0 Å². The van der Waals surface area contributed by atoms with E-state index >= 15 is 0 Å². The van der Waals surface area contributed by atoms with E-state index in [1.54, 1.807) is 36.4 Å². The van der Waals surface area contributed by atoms with Crippen LogP contribution in [0, 0.1) is 69.8 Å². The van der Waals surface area contributed by atoms with Crippen molar-refractivity contribution < 1.29 is 76.4 Å². The second-order valence-corrected chi connectivity index (χ2v) is 28.6. The molecule has 0 fully saturated rings. The van der Waals surface area contributed by atoms with E-state index in [0.717, 1.165) is 57.7 Å². The number of ether oxygens (including phenoxy) is 5. The van der Waals surface area contributed by atoms with Gasteiger partial charge in [0.05, 0.1) is 13.1 Å². The van der Waals surface area contributed by atoms with Crippen LogP contribution in [0.1, 0.15) is 107 Å². The molecule has 10 aromatic carbocycles. The van der Waals surface area contributed by atoms with Crippen LogP contribution in [-0.4, -0.2) is 33.7 Å².